The number of hydrogen-bond donors (Lipinski definition) is 0. The first-order valence-corrected chi connectivity index (χ1v) is 4.73. The summed E-state index contributed by atoms with van der Waals surface area (Å²) in [6.45, 7) is 4.66. The minimum Gasteiger partial charge on any atom is -0.339 e. The summed E-state index contributed by atoms with van der Waals surface area (Å²) in [6, 6.07) is 0.572. The van der Waals surface area contributed by atoms with Crippen LogP contribution >= 0.6 is 0 Å². The summed E-state index contributed by atoms with van der Waals surface area (Å²) in [5.74, 6) is 0.752. The Hall–Kier alpha value is -0.790. The molecule has 1 heterocycles. The molecular weight excluding hydrogens is 150 g/mol. The molecule has 1 amide bonds. The monoisotopic (exact) mass is 165 g/mol. The van der Waals surface area contributed by atoms with Gasteiger partial charge < -0.3 is 4.90 Å². The third kappa shape index (κ3) is 1.15. The predicted octanol–water partition coefficient (Wildman–Crippen LogP) is 1.57. The average Bonchev–Trinajstić information content (AvgIpc) is 2.29. The quantitative estimate of drug-likeness (QED) is 0.569. The molecule has 2 fully saturated rings. The van der Waals surface area contributed by atoms with Crippen molar-refractivity contribution in [2.75, 3.05) is 6.54 Å². The van der Waals surface area contributed by atoms with Crippen molar-refractivity contribution in [3.63, 3.8) is 0 Å². The highest BCUT2D eigenvalue weighted by atomic mass is 16.2. The lowest BCUT2D eigenvalue weighted by atomic mass is 9.92. The lowest BCUT2D eigenvalue weighted by Crippen LogP contribution is -2.40. The van der Waals surface area contributed by atoms with Gasteiger partial charge in [-0.25, -0.2) is 0 Å². The van der Waals surface area contributed by atoms with Gasteiger partial charge in [-0.2, -0.15) is 0 Å². The van der Waals surface area contributed by atoms with Gasteiger partial charge in [-0.1, -0.05) is 6.08 Å². The number of rotatable bonds is 2. The van der Waals surface area contributed by atoms with Crippen LogP contribution in [0.2, 0.25) is 0 Å². The minimum absolute atomic E-state index is 0.338. The molecule has 2 aliphatic rings. The lowest BCUT2D eigenvalue weighted by Gasteiger charge is -2.34. The molecule has 0 bridgehead atoms. The molecule has 12 heavy (non-hydrogen) atoms. The zero-order chi connectivity index (χ0) is 8.55. The van der Waals surface area contributed by atoms with E-state index in [4.69, 9.17) is 0 Å². The standard InChI is InChI=1S/C10H15NO/c1-2-8-6-10(12)11(7-8)9-4-3-5-9/h2,8-9H,1,3-7H2. The van der Waals surface area contributed by atoms with Crippen LogP contribution in [0, 0.1) is 5.92 Å². The SMILES string of the molecule is C=CC1CC(=O)N(C2CCC2)C1. The zero-order valence-corrected chi connectivity index (χ0v) is 7.33. The largest absolute Gasteiger partial charge is 0.339 e. The van der Waals surface area contributed by atoms with Crippen LogP contribution in [0.3, 0.4) is 0 Å². The van der Waals surface area contributed by atoms with Gasteiger partial charge >= 0.3 is 0 Å². The first kappa shape index (κ1) is 7.84. The maximum Gasteiger partial charge on any atom is 0.223 e. The fourth-order valence-electron chi connectivity index (χ4n) is 1.97. The summed E-state index contributed by atoms with van der Waals surface area (Å²) in [4.78, 5) is 13.5. The molecule has 1 aliphatic carbocycles. The van der Waals surface area contributed by atoms with E-state index in [2.05, 4.69) is 11.5 Å². The van der Waals surface area contributed by atoms with E-state index >= 15 is 0 Å². The van der Waals surface area contributed by atoms with Gasteiger partial charge in [0.1, 0.15) is 0 Å². The van der Waals surface area contributed by atoms with Gasteiger partial charge in [0.25, 0.3) is 0 Å². The van der Waals surface area contributed by atoms with Crippen molar-refractivity contribution < 1.29 is 4.79 Å². The minimum atomic E-state index is 0.338. The number of carbonyl (C=O) groups is 1. The fraction of sp³-hybridized carbons (Fsp3) is 0.700. The van der Waals surface area contributed by atoms with Crippen molar-refractivity contribution in [1.29, 1.82) is 0 Å². The molecule has 1 atom stereocenters. The Labute approximate surface area is 73.2 Å². The molecule has 2 heteroatoms. The van der Waals surface area contributed by atoms with Crippen molar-refractivity contribution in [3.8, 4) is 0 Å². The van der Waals surface area contributed by atoms with Crippen LogP contribution in [0.5, 0.6) is 0 Å². The van der Waals surface area contributed by atoms with E-state index in [1.165, 1.54) is 19.3 Å². The predicted molar refractivity (Wildman–Crippen MR) is 47.7 cm³/mol. The number of carbonyl (C=O) groups excluding carboxylic acids is 1. The van der Waals surface area contributed by atoms with Gasteiger partial charge in [0.15, 0.2) is 0 Å². The topological polar surface area (TPSA) is 20.3 Å². The van der Waals surface area contributed by atoms with E-state index in [1.54, 1.807) is 0 Å². The van der Waals surface area contributed by atoms with Crippen molar-refractivity contribution >= 4 is 5.91 Å². The van der Waals surface area contributed by atoms with Gasteiger partial charge in [-0.05, 0) is 19.3 Å². The molecular formula is C10H15NO. The molecule has 2 rings (SSSR count). The normalized spacial score (nSPS) is 30.5. The van der Waals surface area contributed by atoms with E-state index in [0.717, 1.165) is 6.54 Å². The van der Waals surface area contributed by atoms with Gasteiger partial charge in [-0.3, -0.25) is 4.79 Å². The Balaban J connectivity index is 1.97. The summed E-state index contributed by atoms with van der Waals surface area (Å²) < 4.78 is 0. The van der Waals surface area contributed by atoms with Gasteiger partial charge in [-0.15, -0.1) is 6.58 Å². The van der Waals surface area contributed by atoms with E-state index in [1.807, 2.05) is 6.08 Å². The smallest absolute Gasteiger partial charge is 0.223 e. The molecule has 0 aromatic carbocycles. The molecule has 0 aromatic heterocycles. The van der Waals surface area contributed by atoms with Crippen molar-refractivity contribution in [3.05, 3.63) is 12.7 Å². The number of amides is 1. The zero-order valence-electron chi connectivity index (χ0n) is 7.33. The van der Waals surface area contributed by atoms with Crippen molar-refractivity contribution in [2.24, 2.45) is 5.92 Å². The molecule has 0 radical (unpaired) electrons. The van der Waals surface area contributed by atoms with Crippen molar-refractivity contribution in [1.82, 2.24) is 4.90 Å². The Morgan fingerprint density at radius 3 is 2.67 bits per heavy atom. The molecule has 0 spiro atoms. The Morgan fingerprint density at radius 2 is 2.25 bits per heavy atom. The molecule has 0 N–H and O–H groups in total. The Bertz CT molecular complexity index is 208. The second-order valence-electron chi connectivity index (χ2n) is 3.83. The number of hydrogen-bond acceptors (Lipinski definition) is 1. The highest BCUT2D eigenvalue weighted by Gasteiger charge is 2.35. The maximum absolute atomic E-state index is 11.5. The molecule has 1 saturated heterocycles. The molecule has 1 saturated carbocycles. The third-order valence-electron chi connectivity index (χ3n) is 3.04. The van der Waals surface area contributed by atoms with Crippen LogP contribution in [0.15, 0.2) is 12.7 Å². The Morgan fingerprint density at radius 1 is 1.50 bits per heavy atom. The number of nitrogens with zero attached hydrogens (tertiary/aromatic N) is 1. The van der Waals surface area contributed by atoms with Gasteiger partial charge in [0.2, 0.25) is 5.91 Å². The first-order chi connectivity index (χ1) is 5.81. The highest BCUT2D eigenvalue weighted by molar-refractivity contribution is 5.79. The molecule has 1 aliphatic heterocycles. The summed E-state index contributed by atoms with van der Waals surface area (Å²) in [5.41, 5.74) is 0. The average molecular weight is 165 g/mol. The highest BCUT2D eigenvalue weighted by Crippen LogP contribution is 2.30. The van der Waals surface area contributed by atoms with E-state index in [0.29, 0.717) is 24.3 Å². The van der Waals surface area contributed by atoms with Crippen LogP contribution in [0.25, 0.3) is 0 Å². The second kappa shape index (κ2) is 2.92. The van der Waals surface area contributed by atoms with Gasteiger partial charge in [0.05, 0.1) is 0 Å². The van der Waals surface area contributed by atoms with E-state index in [9.17, 15) is 4.79 Å². The molecule has 66 valence electrons. The Kier molecular flexibility index (Phi) is 1.91. The van der Waals surface area contributed by atoms with Gasteiger partial charge in [0, 0.05) is 24.9 Å². The van der Waals surface area contributed by atoms with Crippen LogP contribution in [0.4, 0.5) is 0 Å². The third-order valence-corrected chi connectivity index (χ3v) is 3.04. The summed E-state index contributed by atoms with van der Waals surface area (Å²) in [5, 5.41) is 0. The lowest BCUT2D eigenvalue weighted by molar-refractivity contribution is -0.131. The van der Waals surface area contributed by atoms with Crippen molar-refractivity contribution in [2.45, 2.75) is 31.7 Å². The summed E-state index contributed by atoms with van der Waals surface area (Å²) >= 11 is 0. The second-order valence-corrected chi connectivity index (χ2v) is 3.83. The molecule has 2 nitrogen and oxygen atoms in total. The van der Waals surface area contributed by atoms with Crippen LogP contribution < -0.4 is 0 Å². The summed E-state index contributed by atoms with van der Waals surface area (Å²) in [6.07, 6.45) is 6.34. The maximum atomic E-state index is 11.5. The van der Waals surface area contributed by atoms with E-state index in [-0.39, 0.29) is 0 Å². The van der Waals surface area contributed by atoms with Crippen LogP contribution in [-0.4, -0.2) is 23.4 Å². The van der Waals surface area contributed by atoms with E-state index < -0.39 is 0 Å². The van der Waals surface area contributed by atoms with Crippen LogP contribution in [0.1, 0.15) is 25.7 Å². The fourth-order valence-corrected chi connectivity index (χ4v) is 1.97. The number of likely N-dealkylation sites (tertiary alicyclic amines) is 1. The molecule has 0 aromatic rings. The summed E-state index contributed by atoms with van der Waals surface area (Å²) in [7, 11) is 0. The van der Waals surface area contributed by atoms with Crippen LogP contribution in [-0.2, 0) is 4.79 Å². The first-order valence-electron chi connectivity index (χ1n) is 4.73. The molecule has 1 unspecified atom stereocenters.